The first-order valence-electron chi connectivity index (χ1n) is 8.40. The Morgan fingerprint density at radius 1 is 0.909 bits per heavy atom. The van der Waals surface area contributed by atoms with Crippen molar-refractivity contribution in [3.05, 3.63) is 0 Å². The largest absolute Gasteiger partial charge is 0.379 e. The van der Waals surface area contributed by atoms with Crippen LogP contribution in [-0.2, 0) is 14.3 Å². The summed E-state index contributed by atoms with van der Waals surface area (Å²) in [6.45, 7) is 13.8. The van der Waals surface area contributed by atoms with Gasteiger partial charge in [-0.15, -0.1) is 0 Å². The molecule has 0 saturated heterocycles. The molecule has 22 heavy (non-hydrogen) atoms. The number of nitrogens with one attached hydrogen (secondary N) is 1. The molecule has 0 aromatic heterocycles. The van der Waals surface area contributed by atoms with Crippen LogP contribution in [0.3, 0.4) is 0 Å². The fourth-order valence-electron chi connectivity index (χ4n) is 1.93. The number of ether oxygens (including phenoxy) is 1. The van der Waals surface area contributed by atoms with Crippen molar-refractivity contribution in [2.75, 3.05) is 19.8 Å². The highest BCUT2D eigenvalue weighted by Gasteiger charge is 2.20. The Kier molecular flexibility index (Phi) is 9.58. The first-order valence-corrected chi connectivity index (χ1v) is 8.40. The average molecular weight is 313 g/mol. The smallest absolute Gasteiger partial charge is 0.220 e. The molecule has 0 rings (SSSR count). The fraction of sp³-hybridized carbons (Fsp3) is 0.889. The molecule has 0 aliphatic rings. The number of rotatable bonds is 10. The van der Waals surface area contributed by atoms with Crippen LogP contribution in [0.4, 0.5) is 0 Å². The molecule has 0 aromatic carbocycles. The van der Waals surface area contributed by atoms with Gasteiger partial charge in [0.05, 0.1) is 13.2 Å². The molecule has 4 heteroatoms. The van der Waals surface area contributed by atoms with E-state index in [0.717, 1.165) is 19.3 Å². The Labute approximate surface area is 136 Å². The topological polar surface area (TPSA) is 55.4 Å². The number of hydrogen-bond donors (Lipinski definition) is 1. The molecule has 0 saturated carbocycles. The van der Waals surface area contributed by atoms with Crippen molar-refractivity contribution in [3.8, 4) is 0 Å². The van der Waals surface area contributed by atoms with Gasteiger partial charge in [0, 0.05) is 24.8 Å². The highest BCUT2D eigenvalue weighted by Crippen LogP contribution is 2.21. The Balaban J connectivity index is 3.48. The molecule has 4 nitrogen and oxygen atoms in total. The summed E-state index contributed by atoms with van der Waals surface area (Å²) in [6, 6.07) is 0. The molecule has 1 N–H and O–H groups in total. The van der Waals surface area contributed by atoms with Crippen LogP contribution >= 0.6 is 0 Å². The van der Waals surface area contributed by atoms with E-state index in [2.05, 4.69) is 26.1 Å². The molecule has 130 valence electrons. The zero-order valence-corrected chi connectivity index (χ0v) is 15.4. The second-order valence-electron chi connectivity index (χ2n) is 8.15. The minimum absolute atomic E-state index is 0.0864. The van der Waals surface area contributed by atoms with E-state index in [1.807, 2.05) is 20.8 Å². The molecule has 1 amide bonds. The lowest BCUT2D eigenvalue weighted by molar-refractivity contribution is -0.127. The summed E-state index contributed by atoms with van der Waals surface area (Å²) in [5.74, 6) is 0.290. The number of unbranched alkanes of at least 4 members (excludes halogenated alkanes) is 1. The molecule has 0 spiro atoms. The summed E-state index contributed by atoms with van der Waals surface area (Å²) in [6.07, 6.45) is 4.18. The van der Waals surface area contributed by atoms with Crippen LogP contribution in [0.2, 0.25) is 0 Å². The summed E-state index contributed by atoms with van der Waals surface area (Å²) in [4.78, 5) is 23.3. The van der Waals surface area contributed by atoms with Crippen LogP contribution in [0.25, 0.3) is 0 Å². The lowest BCUT2D eigenvalue weighted by Gasteiger charge is -2.17. The average Bonchev–Trinajstić information content (AvgIpc) is 2.36. The second-order valence-corrected chi connectivity index (χ2v) is 8.15. The van der Waals surface area contributed by atoms with Crippen LogP contribution in [-0.4, -0.2) is 31.4 Å². The Morgan fingerprint density at radius 2 is 1.55 bits per heavy atom. The predicted octanol–water partition coefficient (Wildman–Crippen LogP) is 3.73. The molecule has 0 bridgehead atoms. The number of hydrogen-bond acceptors (Lipinski definition) is 3. The Hall–Kier alpha value is -0.900. The third-order valence-corrected chi connectivity index (χ3v) is 3.46. The minimum atomic E-state index is -0.301. The molecular weight excluding hydrogens is 278 g/mol. The van der Waals surface area contributed by atoms with Crippen molar-refractivity contribution >= 4 is 11.7 Å². The highest BCUT2D eigenvalue weighted by atomic mass is 16.5. The molecule has 0 fully saturated rings. The van der Waals surface area contributed by atoms with Crippen molar-refractivity contribution in [1.29, 1.82) is 0 Å². The van der Waals surface area contributed by atoms with Crippen LogP contribution in [0, 0.1) is 10.8 Å². The van der Waals surface area contributed by atoms with E-state index in [1.165, 1.54) is 0 Å². The standard InChI is InChI=1S/C18H35NO3/c1-17(2,3)11-8-7-9-16(21)19-12-14-22-13-10-15(20)18(4,5)6/h7-14H2,1-6H3,(H,19,21). The van der Waals surface area contributed by atoms with Crippen LogP contribution in [0.15, 0.2) is 0 Å². The molecule has 0 aliphatic carbocycles. The molecule has 0 heterocycles. The van der Waals surface area contributed by atoms with Crippen molar-refractivity contribution < 1.29 is 14.3 Å². The normalized spacial score (nSPS) is 12.3. The molecule has 0 aliphatic heterocycles. The van der Waals surface area contributed by atoms with Gasteiger partial charge in [-0.1, -0.05) is 48.0 Å². The third kappa shape index (κ3) is 12.8. The lowest BCUT2D eigenvalue weighted by atomic mass is 9.89. The van der Waals surface area contributed by atoms with Crippen molar-refractivity contribution in [1.82, 2.24) is 5.32 Å². The molecular formula is C18H35NO3. The van der Waals surface area contributed by atoms with Gasteiger partial charge in [-0.05, 0) is 18.3 Å². The predicted molar refractivity (Wildman–Crippen MR) is 90.8 cm³/mol. The van der Waals surface area contributed by atoms with E-state index in [-0.39, 0.29) is 17.1 Å². The summed E-state index contributed by atoms with van der Waals surface area (Å²) in [5, 5.41) is 2.85. The molecule has 0 atom stereocenters. The van der Waals surface area contributed by atoms with Gasteiger partial charge in [0.1, 0.15) is 5.78 Å². The van der Waals surface area contributed by atoms with Gasteiger partial charge >= 0.3 is 0 Å². The van der Waals surface area contributed by atoms with Gasteiger partial charge in [0.25, 0.3) is 0 Å². The van der Waals surface area contributed by atoms with Gasteiger partial charge in [0.2, 0.25) is 5.91 Å². The van der Waals surface area contributed by atoms with E-state index in [0.29, 0.717) is 38.0 Å². The SMILES string of the molecule is CC(C)(C)CCCCC(=O)NCCOCCC(=O)C(C)(C)C. The van der Waals surface area contributed by atoms with Crippen LogP contribution < -0.4 is 5.32 Å². The fourth-order valence-corrected chi connectivity index (χ4v) is 1.93. The van der Waals surface area contributed by atoms with Gasteiger partial charge in [0.15, 0.2) is 0 Å². The molecule has 0 aromatic rings. The first kappa shape index (κ1) is 21.1. The first-order chi connectivity index (χ1) is 10.0. The number of amides is 1. The lowest BCUT2D eigenvalue weighted by Crippen LogP contribution is -2.27. The second kappa shape index (κ2) is 9.98. The number of Topliss-reactive ketones (excluding diaryl/α,β-unsaturated/α-hetero) is 1. The summed E-state index contributed by atoms with van der Waals surface area (Å²) in [7, 11) is 0. The van der Waals surface area contributed by atoms with E-state index in [9.17, 15) is 9.59 Å². The zero-order valence-electron chi connectivity index (χ0n) is 15.4. The summed E-state index contributed by atoms with van der Waals surface area (Å²) in [5.41, 5.74) is 0.0411. The maximum absolute atomic E-state index is 11.7. The van der Waals surface area contributed by atoms with Crippen molar-refractivity contribution in [2.24, 2.45) is 10.8 Å². The highest BCUT2D eigenvalue weighted by molar-refractivity contribution is 5.83. The maximum atomic E-state index is 11.7. The van der Waals surface area contributed by atoms with Gasteiger partial charge < -0.3 is 10.1 Å². The van der Waals surface area contributed by atoms with Crippen molar-refractivity contribution in [3.63, 3.8) is 0 Å². The third-order valence-electron chi connectivity index (χ3n) is 3.46. The monoisotopic (exact) mass is 313 g/mol. The number of ketones is 1. The number of carbonyl (C=O) groups is 2. The Bertz CT molecular complexity index is 337. The summed E-state index contributed by atoms with van der Waals surface area (Å²) < 4.78 is 5.38. The van der Waals surface area contributed by atoms with Crippen molar-refractivity contribution in [2.45, 2.75) is 73.6 Å². The van der Waals surface area contributed by atoms with E-state index in [4.69, 9.17) is 4.74 Å². The van der Waals surface area contributed by atoms with Crippen LogP contribution in [0.1, 0.15) is 73.6 Å². The Morgan fingerprint density at radius 3 is 2.09 bits per heavy atom. The summed E-state index contributed by atoms with van der Waals surface area (Å²) >= 11 is 0. The molecule has 0 radical (unpaired) electrons. The quantitative estimate of drug-likeness (QED) is 0.625. The zero-order chi connectivity index (χ0) is 17.2. The van der Waals surface area contributed by atoms with Gasteiger partial charge in [-0.2, -0.15) is 0 Å². The van der Waals surface area contributed by atoms with Gasteiger partial charge in [-0.25, -0.2) is 0 Å². The van der Waals surface area contributed by atoms with E-state index in [1.54, 1.807) is 0 Å². The minimum Gasteiger partial charge on any atom is -0.379 e. The maximum Gasteiger partial charge on any atom is 0.220 e. The number of carbonyl (C=O) groups excluding carboxylic acids is 2. The molecule has 0 unspecified atom stereocenters. The van der Waals surface area contributed by atoms with Crippen LogP contribution in [0.5, 0.6) is 0 Å². The van der Waals surface area contributed by atoms with Gasteiger partial charge in [-0.3, -0.25) is 9.59 Å². The van der Waals surface area contributed by atoms with E-state index >= 15 is 0 Å². The van der Waals surface area contributed by atoms with E-state index < -0.39 is 0 Å².